The molecule has 4 aromatic rings. The molecule has 1 heterocycles. The van der Waals surface area contributed by atoms with Crippen LogP contribution in [0, 0.1) is 0 Å². The Bertz CT molecular complexity index is 1650. The minimum atomic E-state index is -4.45. The van der Waals surface area contributed by atoms with E-state index in [4.69, 9.17) is 11.6 Å². The van der Waals surface area contributed by atoms with Crippen LogP contribution >= 0.6 is 11.6 Å². The summed E-state index contributed by atoms with van der Waals surface area (Å²) in [7, 11) is 0. The van der Waals surface area contributed by atoms with Crippen molar-refractivity contribution in [2.24, 2.45) is 0 Å². The van der Waals surface area contributed by atoms with Crippen molar-refractivity contribution < 1.29 is 27.9 Å². The summed E-state index contributed by atoms with van der Waals surface area (Å²) in [6.45, 7) is 0.710. The maximum atomic E-state index is 13.6. The highest BCUT2D eigenvalue weighted by molar-refractivity contribution is 6.30. The van der Waals surface area contributed by atoms with Crippen molar-refractivity contribution in [2.45, 2.75) is 50.2 Å². The highest BCUT2D eigenvalue weighted by Crippen LogP contribution is 2.34. The predicted molar refractivity (Wildman–Crippen MR) is 171 cm³/mol. The van der Waals surface area contributed by atoms with E-state index in [1.54, 1.807) is 41.3 Å². The van der Waals surface area contributed by atoms with Crippen molar-refractivity contribution in [2.75, 3.05) is 13.1 Å². The fourth-order valence-electron chi connectivity index (χ4n) is 5.80. The first-order valence-corrected chi connectivity index (χ1v) is 15.5. The SMILES string of the molecule is O=C(N[C@@H](Cc1ccccc1)[C@@H](O)CNCc1cccc(C(F)(F)F)c1)c1cccc(C(=O)N2CCCC2c2cccc(Cl)c2)c1. The van der Waals surface area contributed by atoms with E-state index in [0.717, 1.165) is 36.1 Å². The molecule has 0 aliphatic carbocycles. The van der Waals surface area contributed by atoms with Gasteiger partial charge in [0.05, 0.1) is 23.8 Å². The number of carbonyl (C=O) groups is 2. The predicted octanol–water partition coefficient (Wildman–Crippen LogP) is 6.83. The molecule has 5 rings (SSSR count). The van der Waals surface area contributed by atoms with Crippen molar-refractivity contribution in [1.29, 1.82) is 0 Å². The number of aliphatic hydroxyl groups is 1. The lowest BCUT2D eigenvalue weighted by Crippen LogP contribution is -2.48. The molecule has 0 bridgehead atoms. The van der Waals surface area contributed by atoms with E-state index in [9.17, 15) is 27.9 Å². The highest BCUT2D eigenvalue weighted by Gasteiger charge is 2.32. The van der Waals surface area contributed by atoms with Crippen LogP contribution < -0.4 is 10.6 Å². The van der Waals surface area contributed by atoms with Crippen LogP contribution in [0.15, 0.2) is 103 Å². The van der Waals surface area contributed by atoms with E-state index in [1.165, 1.54) is 6.07 Å². The first kappa shape index (κ1) is 33.2. The third-order valence-electron chi connectivity index (χ3n) is 8.14. The maximum absolute atomic E-state index is 13.6. The van der Waals surface area contributed by atoms with Gasteiger partial charge in [-0.1, -0.05) is 78.3 Å². The molecule has 3 N–H and O–H groups in total. The Morgan fingerprint density at radius 1 is 0.891 bits per heavy atom. The summed E-state index contributed by atoms with van der Waals surface area (Å²) < 4.78 is 39.3. The Labute approximate surface area is 271 Å². The maximum Gasteiger partial charge on any atom is 0.416 e. The smallest absolute Gasteiger partial charge is 0.390 e. The van der Waals surface area contributed by atoms with Crippen LogP contribution in [0.4, 0.5) is 13.2 Å². The third-order valence-corrected chi connectivity index (χ3v) is 8.37. The Morgan fingerprint density at radius 2 is 1.61 bits per heavy atom. The van der Waals surface area contributed by atoms with Crippen LogP contribution in [0.3, 0.4) is 0 Å². The molecule has 0 aromatic heterocycles. The van der Waals surface area contributed by atoms with Crippen molar-refractivity contribution in [3.8, 4) is 0 Å². The quantitative estimate of drug-likeness (QED) is 0.166. The molecule has 1 aliphatic heterocycles. The molecule has 10 heteroatoms. The van der Waals surface area contributed by atoms with Gasteiger partial charge in [0.1, 0.15) is 0 Å². The number of alkyl halides is 3. The number of carbonyl (C=O) groups excluding carboxylic acids is 2. The molecule has 6 nitrogen and oxygen atoms in total. The van der Waals surface area contributed by atoms with Gasteiger partial charge in [-0.15, -0.1) is 0 Å². The molecule has 3 atom stereocenters. The van der Waals surface area contributed by atoms with E-state index in [0.29, 0.717) is 29.1 Å². The molecular formula is C36H35ClF3N3O3. The summed E-state index contributed by atoms with van der Waals surface area (Å²) in [6.07, 6.45) is -3.54. The lowest BCUT2D eigenvalue weighted by Gasteiger charge is -2.26. The number of hydrogen-bond donors (Lipinski definition) is 3. The Hall–Kier alpha value is -4.18. The van der Waals surface area contributed by atoms with Crippen molar-refractivity contribution in [3.63, 3.8) is 0 Å². The summed E-state index contributed by atoms with van der Waals surface area (Å²) in [5, 5.41) is 17.7. The lowest BCUT2D eigenvalue weighted by molar-refractivity contribution is -0.137. The topological polar surface area (TPSA) is 81.7 Å². The fraction of sp³-hybridized carbons (Fsp3) is 0.278. The largest absolute Gasteiger partial charge is 0.416 e. The van der Waals surface area contributed by atoms with Crippen LogP contribution in [0.25, 0.3) is 0 Å². The number of nitrogens with one attached hydrogen (secondary N) is 2. The number of halogens is 4. The minimum Gasteiger partial charge on any atom is -0.390 e. The molecular weight excluding hydrogens is 615 g/mol. The first-order chi connectivity index (χ1) is 22.1. The van der Waals surface area contributed by atoms with Gasteiger partial charge in [-0.2, -0.15) is 13.2 Å². The standard InChI is InChI=1S/C36H35ClF3N3O3/c37-30-15-6-11-26(21-30)32-16-7-17-43(32)35(46)28-13-5-12-27(20-28)34(45)42-31(19-24-8-2-1-3-9-24)33(44)23-41-22-25-10-4-14-29(18-25)36(38,39)40/h1-6,8-15,18,20-21,31-33,41,44H,7,16-17,19,22-23H2,(H,42,45)/t31-,32?,33-/m0/s1. The van der Waals surface area contributed by atoms with E-state index >= 15 is 0 Å². The summed E-state index contributed by atoms with van der Waals surface area (Å²) >= 11 is 6.21. The number of benzene rings is 4. The summed E-state index contributed by atoms with van der Waals surface area (Å²) in [6, 6.07) is 27.5. The normalized spacial score (nSPS) is 16.2. The van der Waals surface area contributed by atoms with Gasteiger partial charge in [0.25, 0.3) is 11.8 Å². The molecule has 1 aliphatic rings. The second kappa shape index (κ2) is 14.9. The molecule has 46 heavy (non-hydrogen) atoms. The fourth-order valence-corrected chi connectivity index (χ4v) is 6.00. The number of aliphatic hydroxyl groups excluding tert-OH is 1. The Kier molecular flexibility index (Phi) is 10.8. The van der Waals surface area contributed by atoms with E-state index in [-0.39, 0.29) is 30.6 Å². The molecule has 240 valence electrons. The molecule has 0 spiro atoms. The Balaban J connectivity index is 1.27. The second-order valence-electron chi connectivity index (χ2n) is 11.5. The number of nitrogens with zero attached hydrogens (tertiary/aromatic N) is 1. The molecule has 0 saturated carbocycles. The zero-order valence-electron chi connectivity index (χ0n) is 25.0. The van der Waals surface area contributed by atoms with Crippen LogP contribution in [0.1, 0.15) is 61.9 Å². The van der Waals surface area contributed by atoms with Gasteiger partial charge >= 0.3 is 6.18 Å². The van der Waals surface area contributed by atoms with E-state index in [2.05, 4.69) is 10.6 Å². The van der Waals surface area contributed by atoms with Crippen LogP contribution in [0.5, 0.6) is 0 Å². The molecule has 1 unspecified atom stereocenters. The number of hydrogen-bond acceptors (Lipinski definition) is 4. The van der Waals surface area contributed by atoms with Crippen LogP contribution in [0.2, 0.25) is 5.02 Å². The van der Waals surface area contributed by atoms with Gasteiger partial charge in [-0.3, -0.25) is 9.59 Å². The molecule has 0 radical (unpaired) electrons. The number of rotatable bonds is 11. The molecule has 1 fully saturated rings. The molecule has 2 amide bonds. The lowest BCUT2D eigenvalue weighted by atomic mass is 10.00. The summed E-state index contributed by atoms with van der Waals surface area (Å²) in [4.78, 5) is 28.9. The van der Waals surface area contributed by atoms with Gasteiger partial charge in [0.2, 0.25) is 0 Å². The molecule has 1 saturated heterocycles. The zero-order valence-corrected chi connectivity index (χ0v) is 25.8. The number of likely N-dealkylation sites (tertiary alicyclic amines) is 1. The zero-order chi connectivity index (χ0) is 32.7. The van der Waals surface area contributed by atoms with E-state index in [1.807, 2.05) is 48.5 Å². The van der Waals surface area contributed by atoms with Gasteiger partial charge in [-0.25, -0.2) is 0 Å². The van der Waals surface area contributed by atoms with Gasteiger partial charge in [-0.05, 0) is 72.4 Å². The Morgan fingerprint density at radius 3 is 2.37 bits per heavy atom. The van der Waals surface area contributed by atoms with Crippen LogP contribution in [-0.2, 0) is 19.1 Å². The highest BCUT2D eigenvalue weighted by atomic mass is 35.5. The van der Waals surface area contributed by atoms with Gasteiger partial charge in [0, 0.05) is 35.8 Å². The van der Waals surface area contributed by atoms with Gasteiger partial charge in [0.15, 0.2) is 0 Å². The second-order valence-corrected chi connectivity index (χ2v) is 11.9. The summed E-state index contributed by atoms with van der Waals surface area (Å²) in [5.41, 5.74) is 2.17. The van der Waals surface area contributed by atoms with Gasteiger partial charge < -0.3 is 20.6 Å². The van der Waals surface area contributed by atoms with Crippen molar-refractivity contribution in [3.05, 3.63) is 142 Å². The minimum absolute atomic E-state index is 0.0202. The van der Waals surface area contributed by atoms with Crippen molar-refractivity contribution >= 4 is 23.4 Å². The van der Waals surface area contributed by atoms with Crippen LogP contribution in [-0.4, -0.2) is 47.1 Å². The summed E-state index contributed by atoms with van der Waals surface area (Å²) in [5.74, 6) is -0.642. The average molecular weight is 650 g/mol. The van der Waals surface area contributed by atoms with Crippen molar-refractivity contribution in [1.82, 2.24) is 15.5 Å². The third kappa shape index (κ3) is 8.54. The molecule has 4 aromatic carbocycles. The monoisotopic (exact) mass is 649 g/mol. The average Bonchev–Trinajstić information content (AvgIpc) is 3.54. The number of amides is 2. The van der Waals surface area contributed by atoms with E-state index < -0.39 is 29.8 Å². The first-order valence-electron chi connectivity index (χ1n) is 15.1.